The number of rotatable bonds is 5. The number of aliphatic imine (C=N–C) groups is 1. The zero-order valence-electron chi connectivity index (χ0n) is 11.4. The molecule has 0 fully saturated rings. The van der Waals surface area contributed by atoms with Crippen LogP contribution >= 0.6 is 0 Å². The fourth-order valence-corrected chi connectivity index (χ4v) is 1.91. The van der Waals surface area contributed by atoms with Crippen LogP contribution in [0.3, 0.4) is 0 Å². The summed E-state index contributed by atoms with van der Waals surface area (Å²) >= 11 is 0. The van der Waals surface area contributed by atoms with Gasteiger partial charge in [0.2, 0.25) is 0 Å². The molecule has 0 bridgehead atoms. The van der Waals surface area contributed by atoms with Crippen LogP contribution in [0.4, 0.5) is 0 Å². The van der Waals surface area contributed by atoms with Gasteiger partial charge in [-0.2, -0.15) is 0 Å². The van der Waals surface area contributed by atoms with Gasteiger partial charge in [-0.25, -0.2) is 0 Å². The lowest BCUT2D eigenvalue weighted by Gasteiger charge is -2.28. The van der Waals surface area contributed by atoms with E-state index in [1.165, 1.54) is 0 Å². The maximum Gasteiger partial charge on any atom is 0.168 e. The molecule has 4 heteroatoms. The zero-order chi connectivity index (χ0) is 12.8. The number of furan rings is 1. The van der Waals surface area contributed by atoms with Crippen LogP contribution in [0.2, 0.25) is 0 Å². The molecule has 0 saturated carbocycles. The first-order chi connectivity index (χ1) is 8.06. The summed E-state index contributed by atoms with van der Waals surface area (Å²) in [4.78, 5) is 6.44. The molecule has 1 rings (SSSR count). The molecule has 96 valence electrons. The Morgan fingerprint density at radius 3 is 2.59 bits per heavy atom. The molecular formula is C13H23N3O. The largest absolute Gasteiger partial charge is 0.461 e. The Labute approximate surface area is 104 Å². The highest BCUT2D eigenvalue weighted by Crippen LogP contribution is 2.07. The second-order valence-corrected chi connectivity index (χ2v) is 4.71. The smallest absolute Gasteiger partial charge is 0.168 e. The third kappa shape index (κ3) is 3.89. The Morgan fingerprint density at radius 2 is 2.18 bits per heavy atom. The van der Waals surface area contributed by atoms with Gasteiger partial charge < -0.3 is 14.6 Å². The van der Waals surface area contributed by atoms with Gasteiger partial charge in [0, 0.05) is 19.6 Å². The summed E-state index contributed by atoms with van der Waals surface area (Å²) in [6.07, 6.45) is 1.66. The van der Waals surface area contributed by atoms with Crippen LogP contribution < -0.4 is 5.32 Å². The van der Waals surface area contributed by atoms with Crippen LogP contribution in [0.25, 0.3) is 0 Å². The SMILES string of the molecule is CN=C(NCC(C(C)C)N(C)C)c1ccco1. The second-order valence-electron chi connectivity index (χ2n) is 4.71. The molecule has 0 radical (unpaired) electrons. The highest BCUT2D eigenvalue weighted by molar-refractivity contribution is 5.96. The van der Waals surface area contributed by atoms with Crippen molar-refractivity contribution < 1.29 is 4.42 Å². The Hall–Kier alpha value is -1.29. The Kier molecular flexibility index (Phi) is 5.22. The highest BCUT2D eigenvalue weighted by atomic mass is 16.3. The van der Waals surface area contributed by atoms with E-state index in [4.69, 9.17) is 4.42 Å². The van der Waals surface area contributed by atoms with Gasteiger partial charge in [-0.05, 0) is 32.1 Å². The molecule has 0 aliphatic carbocycles. The van der Waals surface area contributed by atoms with Gasteiger partial charge in [0.1, 0.15) is 0 Å². The third-order valence-corrected chi connectivity index (χ3v) is 2.89. The third-order valence-electron chi connectivity index (χ3n) is 2.89. The summed E-state index contributed by atoms with van der Waals surface area (Å²) in [5, 5.41) is 3.35. The van der Waals surface area contributed by atoms with Crippen LogP contribution in [0.15, 0.2) is 27.8 Å². The van der Waals surface area contributed by atoms with Crippen LogP contribution in [-0.4, -0.2) is 44.5 Å². The molecule has 1 atom stereocenters. The molecule has 0 aliphatic heterocycles. The van der Waals surface area contributed by atoms with Gasteiger partial charge in [0.05, 0.1) is 6.26 Å². The van der Waals surface area contributed by atoms with Gasteiger partial charge in [-0.1, -0.05) is 13.8 Å². The maximum atomic E-state index is 5.33. The fraction of sp³-hybridized carbons (Fsp3) is 0.615. The Morgan fingerprint density at radius 1 is 1.47 bits per heavy atom. The molecule has 4 nitrogen and oxygen atoms in total. The molecule has 1 N–H and O–H groups in total. The summed E-state index contributed by atoms with van der Waals surface area (Å²) in [6, 6.07) is 4.26. The van der Waals surface area contributed by atoms with Gasteiger partial charge in [-0.15, -0.1) is 0 Å². The monoisotopic (exact) mass is 237 g/mol. The van der Waals surface area contributed by atoms with Crippen molar-refractivity contribution in [3.8, 4) is 0 Å². The van der Waals surface area contributed by atoms with Crippen molar-refractivity contribution in [3.05, 3.63) is 24.2 Å². The normalized spacial score (nSPS) is 14.4. The number of hydrogen-bond donors (Lipinski definition) is 1. The number of hydrogen-bond acceptors (Lipinski definition) is 3. The average Bonchev–Trinajstić information content (AvgIpc) is 2.76. The van der Waals surface area contributed by atoms with Crippen molar-refractivity contribution in [2.75, 3.05) is 27.7 Å². The molecule has 17 heavy (non-hydrogen) atoms. The van der Waals surface area contributed by atoms with Crippen molar-refractivity contribution in [3.63, 3.8) is 0 Å². The quantitative estimate of drug-likeness (QED) is 0.627. The van der Waals surface area contributed by atoms with E-state index in [-0.39, 0.29) is 0 Å². The predicted octanol–water partition coefficient (Wildman–Crippen LogP) is 1.83. The van der Waals surface area contributed by atoms with Crippen molar-refractivity contribution in [2.45, 2.75) is 19.9 Å². The summed E-state index contributed by atoms with van der Waals surface area (Å²) in [5.74, 6) is 2.18. The first-order valence-electron chi connectivity index (χ1n) is 5.97. The molecule has 1 aromatic heterocycles. The number of nitrogens with zero attached hydrogens (tertiary/aromatic N) is 2. The Balaban J connectivity index is 2.59. The van der Waals surface area contributed by atoms with Crippen LogP contribution in [0.5, 0.6) is 0 Å². The number of amidine groups is 1. The molecule has 0 amide bonds. The van der Waals surface area contributed by atoms with E-state index < -0.39 is 0 Å². The van der Waals surface area contributed by atoms with E-state index in [1.807, 2.05) is 12.1 Å². The van der Waals surface area contributed by atoms with Crippen molar-refractivity contribution in [2.24, 2.45) is 10.9 Å². The molecule has 0 aromatic carbocycles. The highest BCUT2D eigenvalue weighted by Gasteiger charge is 2.16. The summed E-state index contributed by atoms with van der Waals surface area (Å²) < 4.78 is 5.33. The van der Waals surface area contributed by atoms with Gasteiger partial charge in [0.25, 0.3) is 0 Å². The predicted molar refractivity (Wildman–Crippen MR) is 71.5 cm³/mol. The molecule has 0 aliphatic rings. The molecule has 1 heterocycles. The van der Waals surface area contributed by atoms with Gasteiger partial charge in [0.15, 0.2) is 11.6 Å². The first kappa shape index (κ1) is 13.8. The zero-order valence-corrected chi connectivity index (χ0v) is 11.4. The second kappa shape index (κ2) is 6.45. The molecule has 0 spiro atoms. The van der Waals surface area contributed by atoms with E-state index >= 15 is 0 Å². The van der Waals surface area contributed by atoms with E-state index in [1.54, 1.807) is 13.3 Å². The summed E-state index contributed by atoms with van der Waals surface area (Å²) in [6.45, 7) is 5.31. The van der Waals surface area contributed by atoms with E-state index in [0.717, 1.165) is 18.1 Å². The lowest BCUT2D eigenvalue weighted by molar-refractivity contribution is 0.232. The fourth-order valence-electron chi connectivity index (χ4n) is 1.91. The molecule has 0 saturated heterocycles. The first-order valence-corrected chi connectivity index (χ1v) is 5.97. The minimum Gasteiger partial charge on any atom is -0.461 e. The van der Waals surface area contributed by atoms with Crippen LogP contribution in [0.1, 0.15) is 19.6 Å². The topological polar surface area (TPSA) is 40.8 Å². The van der Waals surface area contributed by atoms with Crippen molar-refractivity contribution in [1.82, 2.24) is 10.2 Å². The maximum absolute atomic E-state index is 5.33. The lowest BCUT2D eigenvalue weighted by Crippen LogP contribution is -2.43. The molecule has 1 aromatic rings. The summed E-state index contributed by atoms with van der Waals surface area (Å²) in [7, 11) is 5.97. The standard InChI is InChI=1S/C13H23N3O/c1-10(2)11(16(4)5)9-15-13(14-3)12-7-6-8-17-12/h6-8,10-11H,9H2,1-5H3,(H,14,15). The minimum absolute atomic E-state index is 0.474. The number of likely N-dealkylation sites (N-methyl/N-ethyl adjacent to an activating group) is 1. The van der Waals surface area contributed by atoms with Crippen molar-refractivity contribution in [1.29, 1.82) is 0 Å². The minimum atomic E-state index is 0.474. The summed E-state index contributed by atoms with van der Waals surface area (Å²) in [5.41, 5.74) is 0. The van der Waals surface area contributed by atoms with E-state index in [2.05, 4.69) is 43.2 Å². The van der Waals surface area contributed by atoms with Crippen LogP contribution in [-0.2, 0) is 0 Å². The van der Waals surface area contributed by atoms with Gasteiger partial charge in [-0.3, -0.25) is 4.99 Å². The molecule has 1 unspecified atom stereocenters. The van der Waals surface area contributed by atoms with E-state index in [9.17, 15) is 0 Å². The van der Waals surface area contributed by atoms with Crippen molar-refractivity contribution >= 4 is 5.84 Å². The van der Waals surface area contributed by atoms with Crippen LogP contribution in [0, 0.1) is 5.92 Å². The number of nitrogens with one attached hydrogen (secondary N) is 1. The average molecular weight is 237 g/mol. The lowest BCUT2D eigenvalue weighted by atomic mass is 10.0. The van der Waals surface area contributed by atoms with Gasteiger partial charge >= 0.3 is 0 Å². The molecular weight excluding hydrogens is 214 g/mol. The van der Waals surface area contributed by atoms with E-state index in [0.29, 0.717) is 12.0 Å². The Bertz CT molecular complexity index is 334.